The van der Waals surface area contributed by atoms with Gasteiger partial charge in [-0.3, -0.25) is 0 Å². The zero-order valence-electron chi connectivity index (χ0n) is 38.9. The second kappa shape index (κ2) is 14.7. The monoisotopic (exact) mass is 873 g/mol. The molecule has 12 aliphatic heterocycles. The van der Waals surface area contributed by atoms with Gasteiger partial charge in [-0.05, 0) is 145 Å². The molecule has 0 unspecified atom stereocenters. The molecule has 13 nitrogen and oxygen atoms in total. The third kappa shape index (κ3) is 6.04. The lowest BCUT2D eigenvalue weighted by Gasteiger charge is -2.61. The Bertz CT molecular complexity index is 1640. The van der Waals surface area contributed by atoms with E-state index >= 15 is 0 Å². The van der Waals surface area contributed by atoms with Crippen molar-refractivity contribution in [3.8, 4) is 0 Å². The number of ether oxygens (including phenoxy) is 7. The predicted molar refractivity (Wildman–Crippen MR) is 219 cm³/mol. The van der Waals surface area contributed by atoms with Crippen LogP contribution in [0.25, 0.3) is 0 Å². The van der Waals surface area contributed by atoms with E-state index < -0.39 is 59.3 Å². The molecule has 0 aromatic heterocycles. The number of rotatable bonds is 7. The molecular weight excluding hydrogens is 797 g/mol. The van der Waals surface area contributed by atoms with Crippen molar-refractivity contribution in [1.82, 2.24) is 0 Å². The van der Waals surface area contributed by atoms with Crippen molar-refractivity contribution >= 4 is 0 Å². The highest BCUT2D eigenvalue weighted by molar-refractivity contribution is 5.13. The predicted octanol–water partition coefficient (Wildman–Crippen LogP) is 9.11. The summed E-state index contributed by atoms with van der Waals surface area (Å²) in [6.07, 6.45) is 11.5. The number of fused-ring (bicyclic) bond motifs is 6. The van der Waals surface area contributed by atoms with E-state index in [0.29, 0.717) is 42.1 Å². The molecule has 0 aromatic rings. The maximum absolute atomic E-state index is 7.27. The molecule has 62 heavy (non-hydrogen) atoms. The Labute approximate surface area is 368 Å². The quantitative estimate of drug-likeness (QED) is 0.227. The molecule has 15 rings (SSSR count). The molecule has 12 heterocycles. The SMILES string of the molecule is C[C@H]1[C@@H](OCC(C[C@H]2O[C@@H]3O[C@@]4(C)CC[C@H]5[C@H](C)CC[C@@H]([C@H]2C)[C@@]35OO4)C[C@H]2O[C@@H]3O[C@@]4(C)CC[C@H]5[C@H](C)CC[C@@H]([C@H]2C)[C@@]35OO4)O[C@@H]2O[C@@]3(C)CC[C@H]4[C@H](C)CC[C@@H]1[C@@]24OO3. The molecule has 6 bridgehead atoms. The maximum Gasteiger partial charge on any atom is 0.201 e. The highest BCUT2D eigenvalue weighted by Gasteiger charge is 2.73. The van der Waals surface area contributed by atoms with E-state index in [1.165, 1.54) is 12.8 Å². The third-order valence-corrected chi connectivity index (χ3v) is 20.3. The molecular formula is C49H76O13. The molecule has 0 N–H and O–H groups in total. The topological polar surface area (TPSA) is 120 Å². The lowest BCUT2D eigenvalue weighted by Crippen LogP contribution is -2.71. The van der Waals surface area contributed by atoms with Gasteiger partial charge in [-0.25, -0.2) is 29.3 Å². The Morgan fingerprint density at radius 2 is 0.806 bits per heavy atom. The van der Waals surface area contributed by atoms with Crippen molar-refractivity contribution in [3.63, 3.8) is 0 Å². The van der Waals surface area contributed by atoms with Gasteiger partial charge in [-0.2, -0.15) is 0 Å². The van der Waals surface area contributed by atoms with E-state index in [1.807, 2.05) is 20.8 Å². The first-order valence-corrected chi connectivity index (χ1v) is 25.3. The van der Waals surface area contributed by atoms with Crippen LogP contribution in [0, 0.1) is 76.9 Å². The summed E-state index contributed by atoms with van der Waals surface area (Å²) in [7, 11) is 0. The molecule has 15 aliphatic rings. The summed E-state index contributed by atoms with van der Waals surface area (Å²) < 4.78 is 49.2. The minimum absolute atomic E-state index is 0.0734. The standard InChI is InChI=1S/C49H76O13/c1-25-10-13-35-28(4)38(51-41-47(35)32(25)16-19-44(7,54-41)57-60-47)22-31(23-39-29(5)36-14-11-26(2)33-17-20-45(8)55-42(52-39)48(33,36)61-58-45)24-50-40-30(6)37-15-12-27(3)34-18-21-46(9)56-43(53-40)49(34,37)62-59-46/h25-43H,10-24H2,1-9H3/t25-,26-,27-,28-,29-,30-,32+,33+,34+,35+,36+,37+,38-,39-,40+,41-,42-,43-,44-,45-,46-,47-,48-,49-/m1/s1. The molecule has 13 heteroatoms. The molecule has 3 saturated carbocycles. The van der Waals surface area contributed by atoms with Gasteiger partial charge in [0.1, 0.15) is 0 Å². The van der Waals surface area contributed by atoms with E-state index in [0.717, 1.165) is 77.0 Å². The summed E-state index contributed by atoms with van der Waals surface area (Å²) in [6.45, 7) is 20.7. The fourth-order valence-corrected chi connectivity index (χ4v) is 16.7. The van der Waals surface area contributed by atoms with Gasteiger partial charge in [0.05, 0.1) is 18.8 Å². The Morgan fingerprint density at radius 3 is 1.21 bits per heavy atom. The molecule has 350 valence electrons. The first-order chi connectivity index (χ1) is 29.6. The smallest absolute Gasteiger partial charge is 0.201 e. The summed E-state index contributed by atoms with van der Waals surface area (Å²) in [4.78, 5) is 38.1. The molecule has 0 radical (unpaired) electrons. The second-order valence-electron chi connectivity index (χ2n) is 23.8. The third-order valence-electron chi connectivity index (χ3n) is 20.3. The van der Waals surface area contributed by atoms with Crippen LogP contribution in [-0.2, 0) is 62.5 Å². The van der Waals surface area contributed by atoms with E-state index in [2.05, 4.69) is 41.5 Å². The molecule has 15 fully saturated rings. The lowest BCUT2D eigenvalue weighted by molar-refractivity contribution is -0.577. The van der Waals surface area contributed by atoms with E-state index in [9.17, 15) is 0 Å². The Kier molecular flexibility index (Phi) is 10.2. The van der Waals surface area contributed by atoms with Gasteiger partial charge < -0.3 is 33.2 Å². The van der Waals surface area contributed by atoms with Crippen LogP contribution < -0.4 is 0 Å². The summed E-state index contributed by atoms with van der Waals surface area (Å²) >= 11 is 0. The minimum Gasteiger partial charge on any atom is -0.352 e. The van der Waals surface area contributed by atoms with Crippen LogP contribution in [0.3, 0.4) is 0 Å². The van der Waals surface area contributed by atoms with Crippen LogP contribution in [0.5, 0.6) is 0 Å². The number of hydrogen-bond donors (Lipinski definition) is 0. The van der Waals surface area contributed by atoms with Crippen LogP contribution >= 0.6 is 0 Å². The van der Waals surface area contributed by atoms with Gasteiger partial charge in [0.15, 0.2) is 42.0 Å². The van der Waals surface area contributed by atoms with Gasteiger partial charge in [-0.1, -0.05) is 41.5 Å². The minimum atomic E-state index is -0.842. The van der Waals surface area contributed by atoms with Crippen LogP contribution in [-0.4, -0.2) is 78.1 Å². The van der Waals surface area contributed by atoms with E-state index in [4.69, 9.17) is 62.5 Å². The maximum atomic E-state index is 7.27. The van der Waals surface area contributed by atoms with Gasteiger partial charge in [0, 0.05) is 42.9 Å². The average molecular weight is 873 g/mol. The van der Waals surface area contributed by atoms with Crippen molar-refractivity contribution in [1.29, 1.82) is 0 Å². The molecule has 0 amide bonds. The molecule has 3 aliphatic carbocycles. The van der Waals surface area contributed by atoms with Crippen LogP contribution in [0.4, 0.5) is 0 Å². The van der Waals surface area contributed by atoms with E-state index in [1.54, 1.807) is 0 Å². The normalized spacial score (nSPS) is 60.9. The van der Waals surface area contributed by atoms with Crippen molar-refractivity contribution in [2.45, 2.75) is 224 Å². The molecule has 3 spiro atoms. The van der Waals surface area contributed by atoms with Crippen LogP contribution in [0.1, 0.15) is 152 Å². The Morgan fingerprint density at radius 1 is 0.435 bits per heavy atom. The lowest BCUT2D eigenvalue weighted by atomic mass is 9.56. The fourth-order valence-electron chi connectivity index (χ4n) is 16.7. The summed E-state index contributed by atoms with van der Waals surface area (Å²) in [5.41, 5.74) is -1.85. The van der Waals surface area contributed by atoms with Gasteiger partial charge in [0.25, 0.3) is 0 Å². The van der Waals surface area contributed by atoms with E-state index in [-0.39, 0.29) is 53.6 Å². The first-order valence-electron chi connectivity index (χ1n) is 25.3. The molecule has 0 aromatic carbocycles. The van der Waals surface area contributed by atoms with Crippen molar-refractivity contribution in [3.05, 3.63) is 0 Å². The van der Waals surface area contributed by atoms with Gasteiger partial charge >= 0.3 is 0 Å². The first kappa shape index (κ1) is 42.8. The summed E-state index contributed by atoms with van der Waals surface area (Å²) in [6, 6.07) is 0. The highest BCUT2D eigenvalue weighted by Crippen LogP contribution is 2.64. The summed E-state index contributed by atoms with van der Waals surface area (Å²) in [5, 5.41) is 0. The van der Waals surface area contributed by atoms with Gasteiger partial charge in [0.2, 0.25) is 17.4 Å². The Balaban J connectivity index is 0.846. The van der Waals surface area contributed by atoms with Crippen molar-refractivity contribution in [2.24, 2.45) is 76.9 Å². The summed E-state index contributed by atoms with van der Waals surface area (Å²) in [5.74, 6) is 1.25. The second-order valence-corrected chi connectivity index (χ2v) is 23.8. The largest absolute Gasteiger partial charge is 0.352 e. The number of hydrogen-bond acceptors (Lipinski definition) is 13. The van der Waals surface area contributed by atoms with Crippen LogP contribution in [0.2, 0.25) is 0 Å². The van der Waals surface area contributed by atoms with Crippen LogP contribution in [0.15, 0.2) is 0 Å². The van der Waals surface area contributed by atoms with Crippen molar-refractivity contribution in [2.75, 3.05) is 6.61 Å². The fraction of sp³-hybridized carbons (Fsp3) is 1.00. The highest BCUT2D eigenvalue weighted by atomic mass is 17.3. The van der Waals surface area contributed by atoms with Gasteiger partial charge in [-0.15, -0.1) is 0 Å². The molecule has 24 atom stereocenters. The molecule has 12 saturated heterocycles. The zero-order chi connectivity index (χ0) is 42.8. The zero-order valence-corrected chi connectivity index (χ0v) is 38.9. The van der Waals surface area contributed by atoms with Crippen molar-refractivity contribution < 1.29 is 62.5 Å². The Hall–Kier alpha value is -0.520. The average Bonchev–Trinajstić information content (AvgIpc) is 3.72.